The second-order valence-electron chi connectivity index (χ2n) is 7.31. The fourth-order valence-electron chi connectivity index (χ4n) is 3.68. The molecule has 0 saturated heterocycles. The molecular formula is C24H26BrN3O. The molecule has 0 fully saturated rings. The van der Waals surface area contributed by atoms with Crippen LogP contribution in [-0.4, -0.2) is 5.91 Å². The van der Waals surface area contributed by atoms with Crippen LogP contribution < -0.4 is 10.6 Å². The minimum atomic E-state index is -0.350. The first kappa shape index (κ1) is 21.1. The molecule has 1 atom stereocenters. The van der Waals surface area contributed by atoms with Crippen LogP contribution >= 0.6 is 15.9 Å². The van der Waals surface area contributed by atoms with Crippen molar-refractivity contribution < 1.29 is 4.79 Å². The van der Waals surface area contributed by atoms with Gasteiger partial charge in [0, 0.05) is 17.2 Å². The summed E-state index contributed by atoms with van der Waals surface area (Å²) in [6, 6.07) is 16.3. The number of aryl methyl sites for hydroxylation is 2. The largest absolute Gasteiger partial charge is 0.386 e. The van der Waals surface area contributed by atoms with Crippen molar-refractivity contribution >= 4 is 21.8 Å². The number of nitriles is 1. The molecule has 2 aromatic rings. The Labute approximate surface area is 181 Å². The smallest absolute Gasteiger partial charge is 0.263 e. The van der Waals surface area contributed by atoms with Gasteiger partial charge in [-0.25, -0.2) is 0 Å². The average Bonchev–Trinajstić information content (AvgIpc) is 2.75. The van der Waals surface area contributed by atoms with Gasteiger partial charge in [-0.05, 0) is 60.4 Å². The second-order valence-corrected chi connectivity index (χ2v) is 8.17. The molecule has 5 heteroatoms. The molecule has 2 N–H and O–H groups in total. The summed E-state index contributed by atoms with van der Waals surface area (Å²) in [5, 5.41) is 15.5. The van der Waals surface area contributed by atoms with Crippen LogP contribution in [0.15, 0.2) is 58.7 Å². The van der Waals surface area contributed by atoms with E-state index in [1.54, 1.807) is 0 Å². The van der Waals surface area contributed by atoms with Gasteiger partial charge in [0.25, 0.3) is 5.91 Å². The standard InChI is InChI=1S/C24H26BrN3O/c1-2-23(19-12-11-17-7-3-4-8-18(17)13-19)28-24(29)21(14-26)16-27-15-20-9-5-6-10-22(20)25/h5-6,9-13,16,23,27H,2-4,7-8,15H2,1H3,(H,28,29)/b21-16-. The summed E-state index contributed by atoms with van der Waals surface area (Å²) in [4.78, 5) is 12.7. The molecular weight excluding hydrogens is 426 g/mol. The number of rotatable bonds is 7. The lowest BCUT2D eigenvalue weighted by molar-refractivity contribution is -0.117. The molecule has 29 heavy (non-hydrogen) atoms. The van der Waals surface area contributed by atoms with Crippen LogP contribution in [0.5, 0.6) is 0 Å². The summed E-state index contributed by atoms with van der Waals surface area (Å²) in [6.07, 6.45) is 6.99. The van der Waals surface area contributed by atoms with E-state index in [4.69, 9.17) is 0 Å². The maximum Gasteiger partial charge on any atom is 0.263 e. The summed E-state index contributed by atoms with van der Waals surface area (Å²) < 4.78 is 0.988. The fraction of sp³-hybridized carbons (Fsp3) is 0.333. The fourth-order valence-corrected chi connectivity index (χ4v) is 4.11. The van der Waals surface area contributed by atoms with Crippen molar-refractivity contribution in [2.75, 3.05) is 0 Å². The second kappa shape index (κ2) is 10.3. The topological polar surface area (TPSA) is 64.9 Å². The number of carbonyl (C=O) groups is 1. The number of benzene rings is 2. The van der Waals surface area contributed by atoms with E-state index in [0.717, 1.165) is 34.9 Å². The molecule has 150 valence electrons. The van der Waals surface area contributed by atoms with E-state index in [1.807, 2.05) is 37.3 Å². The third-order valence-corrected chi connectivity index (χ3v) is 6.12. The Morgan fingerprint density at radius 1 is 1.21 bits per heavy atom. The normalized spacial score (nSPS) is 14.4. The van der Waals surface area contributed by atoms with Crippen LogP contribution in [0, 0.1) is 11.3 Å². The summed E-state index contributed by atoms with van der Waals surface area (Å²) in [6.45, 7) is 2.58. The Hall–Kier alpha value is -2.58. The highest BCUT2D eigenvalue weighted by molar-refractivity contribution is 9.10. The van der Waals surface area contributed by atoms with Gasteiger partial charge in [-0.15, -0.1) is 0 Å². The number of nitrogens with zero attached hydrogens (tertiary/aromatic N) is 1. The minimum absolute atomic E-state index is 0.0773. The number of carbonyl (C=O) groups excluding carboxylic acids is 1. The van der Waals surface area contributed by atoms with Gasteiger partial charge in [0.15, 0.2) is 0 Å². The van der Waals surface area contributed by atoms with E-state index >= 15 is 0 Å². The number of hydrogen-bond donors (Lipinski definition) is 2. The lowest BCUT2D eigenvalue weighted by Gasteiger charge is -2.21. The zero-order valence-electron chi connectivity index (χ0n) is 16.7. The zero-order valence-corrected chi connectivity index (χ0v) is 18.3. The SMILES string of the molecule is CCC(NC(=O)/C(C#N)=C\NCc1ccccc1Br)c1ccc2c(c1)CCCC2. The molecule has 2 aromatic carbocycles. The highest BCUT2D eigenvalue weighted by Gasteiger charge is 2.18. The highest BCUT2D eigenvalue weighted by atomic mass is 79.9. The lowest BCUT2D eigenvalue weighted by atomic mass is 9.88. The molecule has 0 heterocycles. The van der Waals surface area contributed by atoms with E-state index in [0.29, 0.717) is 6.54 Å². The molecule has 1 amide bonds. The van der Waals surface area contributed by atoms with E-state index in [2.05, 4.69) is 44.8 Å². The molecule has 4 nitrogen and oxygen atoms in total. The van der Waals surface area contributed by atoms with Gasteiger partial charge in [-0.2, -0.15) is 5.26 Å². The van der Waals surface area contributed by atoms with Gasteiger partial charge >= 0.3 is 0 Å². The van der Waals surface area contributed by atoms with Crippen molar-refractivity contribution in [2.24, 2.45) is 0 Å². The quantitative estimate of drug-likeness (QED) is 0.454. The number of nitrogens with one attached hydrogen (secondary N) is 2. The highest BCUT2D eigenvalue weighted by Crippen LogP contribution is 2.26. The molecule has 1 aliphatic carbocycles. The summed E-state index contributed by atoms with van der Waals surface area (Å²) in [7, 11) is 0. The molecule has 1 unspecified atom stereocenters. The predicted molar refractivity (Wildman–Crippen MR) is 119 cm³/mol. The van der Waals surface area contributed by atoms with Crippen LogP contribution in [0.4, 0.5) is 0 Å². The summed E-state index contributed by atoms with van der Waals surface area (Å²) in [5.74, 6) is -0.350. The molecule has 3 rings (SSSR count). The van der Waals surface area contributed by atoms with Crippen molar-refractivity contribution in [3.8, 4) is 6.07 Å². The van der Waals surface area contributed by atoms with Crippen LogP contribution in [0.1, 0.15) is 54.5 Å². The van der Waals surface area contributed by atoms with Crippen molar-refractivity contribution in [1.82, 2.24) is 10.6 Å². The lowest BCUT2D eigenvalue weighted by Crippen LogP contribution is -2.30. The number of hydrogen-bond acceptors (Lipinski definition) is 3. The van der Waals surface area contributed by atoms with Crippen LogP contribution in [0.2, 0.25) is 0 Å². The first-order valence-corrected chi connectivity index (χ1v) is 10.9. The first-order valence-electron chi connectivity index (χ1n) is 10.1. The molecule has 0 bridgehead atoms. The predicted octanol–water partition coefficient (Wildman–Crippen LogP) is 5.09. The van der Waals surface area contributed by atoms with E-state index < -0.39 is 0 Å². The molecule has 0 spiro atoms. The summed E-state index contributed by atoms with van der Waals surface area (Å²) >= 11 is 3.50. The molecule has 0 aromatic heterocycles. The van der Waals surface area contributed by atoms with Crippen LogP contribution in [-0.2, 0) is 24.2 Å². The summed E-state index contributed by atoms with van der Waals surface area (Å²) in [5.41, 5.74) is 5.07. The van der Waals surface area contributed by atoms with E-state index in [9.17, 15) is 10.1 Å². The zero-order chi connectivity index (χ0) is 20.6. The van der Waals surface area contributed by atoms with Gasteiger partial charge < -0.3 is 10.6 Å². The molecule has 0 aliphatic heterocycles. The number of fused-ring (bicyclic) bond motifs is 1. The Kier molecular flexibility index (Phi) is 7.48. The Morgan fingerprint density at radius 2 is 1.97 bits per heavy atom. The Balaban J connectivity index is 1.66. The van der Waals surface area contributed by atoms with Gasteiger partial charge in [0.2, 0.25) is 0 Å². The van der Waals surface area contributed by atoms with E-state index in [-0.39, 0.29) is 17.5 Å². The van der Waals surface area contributed by atoms with Crippen molar-refractivity contribution in [1.29, 1.82) is 5.26 Å². The minimum Gasteiger partial charge on any atom is -0.386 e. The first-order chi connectivity index (χ1) is 14.1. The molecule has 0 saturated carbocycles. The van der Waals surface area contributed by atoms with Gasteiger partial charge in [0.05, 0.1) is 6.04 Å². The van der Waals surface area contributed by atoms with Crippen molar-refractivity contribution in [2.45, 2.75) is 51.6 Å². The molecule has 0 radical (unpaired) electrons. The average molecular weight is 452 g/mol. The maximum atomic E-state index is 12.7. The van der Waals surface area contributed by atoms with Crippen molar-refractivity contribution in [3.05, 3.63) is 81.0 Å². The van der Waals surface area contributed by atoms with Crippen molar-refractivity contribution in [3.63, 3.8) is 0 Å². The van der Waals surface area contributed by atoms with Crippen LogP contribution in [0.3, 0.4) is 0 Å². The number of amides is 1. The third kappa shape index (κ3) is 5.48. The monoisotopic (exact) mass is 451 g/mol. The molecule has 1 aliphatic rings. The third-order valence-electron chi connectivity index (χ3n) is 5.35. The van der Waals surface area contributed by atoms with Gasteiger partial charge in [0.1, 0.15) is 11.6 Å². The number of halogens is 1. The van der Waals surface area contributed by atoms with Gasteiger partial charge in [-0.3, -0.25) is 4.79 Å². The Morgan fingerprint density at radius 3 is 2.69 bits per heavy atom. The van der Waals surface area contributed by atoms with Gasteiger partial charge in [-0.1, -0.05) is 59.3 Å². The Bertz CT molecular complexity index is 945. The van der Waals surface area contributed by atoms with Crippen LogP contribution in [0.25, 0.3) is 0 Å². The van der Waals surface area contributed by atoms with E-state index in [1.165, 1.54) is 30.2 Å². The maximum absolute atomic E-state index is 12.7.